The smallest absolute Gasteiger partial charge is 0.212 e. The highest BCUT2D eigenvalue weighted by Gasteiger charge is 2.15. The predicted octanol–water partition coefficient (Wildman–Crippen LogP) is 2.64. The lowest BCUT2D eigenvalue weighted by Crippen LogP contribution is -2.16. The van der Waals surface area contributed by atoms with E-state index in [-0.39, 0.29) is 0 Å². The average Bonchev–Trinajstić information content (AvgIpc) is 3.07. The van der Waals surface area contributed by atoms with Crippen LogP contribution in [0.15, 0.2) is 42.6 Å². The summed E-state index contributed by atoms with van der Waals surface area (Å²) in [7, 11) is 1.62. The number of pyridine rings is 1. The summed E-state index contributed by atoms with van der Waals surface area (Å²) < 4.78 is 11.1. The third-order valence-corrected chi connectivity index (χ3v) is 3.76. The summed E-state index contributed by atoms with van der Waals surface area (Å²) in [5, 5.41) is 3.32. The van der Waals surface area contributed by atoms with Gasteiger partial charge in [0.05, 0.1) is 19.8 Å². The number of ether oxygens (including phenoxy) is 2. The Balaban J connectivity index is 1.77. The molecule has 3 rings (SSSR count). The van der Waals surface area contributed by atoms with Gasteiger partial charge in [0.2, 0.25) is 5.88 Å². The minimum atomic E-state index is 0.326. The second-order valence-electron chi connectivity index (χ2n) is 5.17. The molecule has 0 saturated carbocycles. The molecule has 1 aromatic heterocycles. The van der Waals surface area contributed by atoms with Gasteiger partial charge in [-0.15, -0.1) is 0 Å². The minimum absolute atomic E-state index is 0.326. The maximum atomic E-state index is 5.99. The van der Waals surface area contributed by atoms with Crippen molar-refractivity contribution >= 4 is 0 Å². The first kappa shape index (κ1) is 14.0. The van der Waals surface area contributed by atoms with Crippen molar-refractivity contribution in [3.63, 3.8) is 0 Å². The Morgan fingerprint density at radius 3 is 2.86 bits per heavy atom. The van der Waals surface area contributed by atoms with E-state index < -0.39 is 0 Å². The number of benzene rings is 1. The average molecular weight is 284 g/mol. The number of rotatable bonds is 5. The molecule has 2 aromatic rings. The zero-order valence-electron chi connectivity index (χ0n) is 12.2. The summed E-state index contributed by atoms with van der Waals surface area (Å²) in [6.45, 7) is 2.63. The van der Waals surface area contributed by atoms with Crippen molar-refractivity contribution in [2.24, 2.45) is 0 Å². The third-order valence-electron chi connectivity index (χ3n) is 3.76. The van der Waals surface area contributed by atoms with E-state index in [9.17, 15) is 0 Å². The van der Waals surface area contributed by atoms with Gasteiger partial charge < -0.3 is 14.8 Å². The van der Waals surface area contributed by atoms with E-state index in [1.54, 1.807) is 7.11 Å². The molecule has 4 nitrogen and oxygen atoms in total. The van der Waals surface area contributed by atoms with E-state index in [1.165, 1.54) is 11.1 Å². The van der Waals surface area contributed by atoms with Gasteiger partial charge in [-0.1, -0.05) is 24.3 Å². The lowest BCUT2D eigenvalue weighted by Gasteiger charge is -2.14. The van der Waals surface area contributed by atoms with Crippen LogP contribution in [-0.2, 0) is 11.3 Å². The van der Waals surface area contributed by atoms with E-state index >= 15 is 0 Å². The SMILES string of the molecule is COc1ccc(-c2ccccc2CO[C@H]2CCNC2)cn1. The molecule has 0 aliphatic carbocycles. The minimum Gasteiger partial charge on any atom is -0.481 e. The van der Waals surface area contributed by atoms with Crippen LogP contribution in [0.1, 0.15) is 12.0 Å². The predicted molar refractivity (Wildman–Crippen MR) is 82.3 cm³/mol. The number of methoxy groups -OCH3 is 1. The van der Waals surface area contributed by atoms with Gasteiger partial charge in [0.25, 0.3) is 0 Å². The summed E-state index contributed by atoms with van der Waals surface area (Å²) in [4.78, 5) is 4.28. The van der Waals surface area contributed by atoms with E-state index in [0.29, 0.717) is 18.6 Å². The Labute approximate surface area is 125 Å². The van der Waals surface area contributed by atoms with Gasteiger partial charge in [0.1, 0.15) is 0 Å². The number of nitrogens with one attached hydrogen (secondary N) is 1. The van der Waals surface area contributed by atoms with Gasteiger partial charge in [0, 0.05) is 24.4 Å². The van der Waals surface area contributed by atoms with E-state index in [0.717, 1.165) is 25.1 Å². The molecule has 21 heavy (non-hydrogen) atoms. The van der Waals surface area contributed by atoms with Gasteiger partial charge in [-0.3, -0.25) is 0 Å². The molecule has 1 aromatic carbocycles. The van der Waals surface area contributed by atoms with Crippen molar-refractivity contribution < 1.29 is 9.47 Å². The maximum absolute atomic E-state index is 5.99. The molecule has 2 heterocycles. The Hall–Kier alpha value is -1.91. The molecule has 0 spiro atoms. The lowest BCUT2D eigenvalue weighted by molar-refractivity contribution is 0.0545. The second kappa shape index (κ2) is 6.70. The molecular weight excluding hydrogens is 264 g/mol. The number of hydrogen-bond donors (Lipinski definition) is 1. The fourth-order valence-corrected chi connectivity index (χ4v) is 2.57. The monoisotopic (exact) mass is 284 g/mol. The quantitative estimate of drug-likeness (QED) is 0.916. The van der Waals surface area contributed by atoms with E-state index in [1.807, 2.05) is 30.5 Å². The maximum Gasteiger partial charge on any atom is 0.212 e. The highest BCUT2D eigenvalue weighted by molar-refractivity contribution is 5.66. The van der Waals surface area contributed by atoms with E-state index in [2.05, 4.69) is 22.4 Å². The van der Waals surface area contributed by atoms with Crippen molar-refractivity contribution in [2.45, 2.75) is 19.1 Å². The highest BCUT2D eigenvalue weighted by Crippen LogP contribution is 2.25. The molecule has 1 aliphatic heterocycles. The fraction of sp³-hybridized carbons (Fsp3) is 0.353. The first-order valence-corrected chi connectivity index (χ1v) is 7.27. The molecule has 1 atom stereocenters. The van der Waals surface area contributed by atoms with Crippen molar-refractivity contribution in [2.75, 3.05) is 20.2 Å². The Kier molecular flexibility index (Phi) is 4.48. The standard InChI is InChI=1S/C17H20N2O2/c1-20-17-7-6-13(10-19-17)16-5-3-2-4-14(16)12-21-15-8-9-18-11-15/h2-7,10,15,18H,8-9,11-12H2,1H3/t15-/m0/s1. The lowest BCUT2D eigenvalue weighted by atomic mass is 10.0. The number of hydrogen-bond acceptors (Lipinski definition) is 4. The molecule has 1 N–H and O–H groups in total. The largest absolute Gasteiger partial charge is 0.481 e. The zero-order chi connectivity index (χ0) is 14.5. The summed E-state index contributed by atoms with van der Waals surface area (Å²) in [5.74, 6) is 0.629. The van der Waals surface area contributed by atoms with Gasteiger partial charge >= 0.3 is 0 Å². The van der Waals surface area contributed by atoms with Gasteiger partial charge in [0.15, 0.2) is 0 Å². The molecule has 0 radical (unpaired) electrons. The molecule has 1 aliphatic rings. The van der Waals surface area contributed by atoms with Crippen LogP contribution in [0.4, 0.5) is 0 Å². The number of aromatic nitrogens is 1. The molecule has 0 unspecified atom stereocenters. The van der Waals surface area contributed by atoms with Crippen molar-refractivity contribution in [3.05, 3.63) is 48.2 Å². The molecular formula is C17H20N2O2. The van der Waals surface area contributed by atoms with E-state index in [4.69, 9.17) is 9.47 Å². The zero-order valence-corrected chi connectivity index (χ0v) is 12.2. The van der Waals surface area contributed by atoms with Crippen molar-refractivity contribution in [1.82, 2.24) is 10.3 Å². The topological polar surface area (TPSA) is 43.4 Å². The first-order valence-electron chi connectivity index (χ1n) is 7.27. The van der Waals surface area contributed by atoms with Crippen molar-refractivity contribution in [3.8, 4) is 17.0 Å². The summed E-state index contributed by atoms with van der Waals surface area (Å²) in [5.41, 5.74) is 3.44. The molecule has 0 amide bonds. The normalized spacial score (nSPS) is 17.9. The Morgan fingerprint density at radius 1 is 1.24 bits per heavy atom. The van der Waals surface area contributed by atoms with Crippen LogP contribution in [0.25, 0.3) is 11.1 Å². The van der Waals surface area contributed by atoms with Crippen LogP contribution < -0.4 is 10.1 Å². The fourth-order valence-electron chi connectivity index (χ4n) is 2.57. The van der Waals surface area contributed by atoms with Crippen LogP contribution in [0.3, 0.4) is 0 Å². The van der Waals surface area contributed by atoms with Crippen LogP contribution in [-0.4, -0.2) is 31.3 Å². The van der Waals surface area contributed by atoms with Gasteiger partial charge in [-0.2, -0.15) is 0 Å². The molecule has 4 heteroatoms. The highest BCUT2D eigenvalue weighted by atomic mass is 16.5. The third kappa shape index (κ3) is 3.40. The van der Waals surface area contributed by atoms with Crippen LogP contribution in [0.2, 0.25) is 0 Å². The van der Waals surface area contributed by atoms with Crippen LogP contribution >= 0.6 is 0 Å². The Morgan fingerprint density at radius 2 is 2.14 bits per heavy atom. The van der Waals surface area contributed by atoms with Crippen molar-refractivity contribution in [1.29, 1.82) is 0 Å². The van der Waals surface area contributed by atoms with Gasteiger partial charge in [-0.25, -0.2) is 4.98 Å². The molecule has 1 fully saturated rings. The van der Waals surface area contributed by atoms with Gasteiger partial charge in [-0.05, 0) is 30.2 Å². The van der Waals surface area contributed by atoms with Crippen LogP contribution in [0, 0.1) is 0 Å². The summed E-state index contributed by atoms with van der Waals surface area (Å²) in [6.07, 6.45) is 3.26. The summed E-state index contributed by atoms with van der Waals surface area (Å²) >= 11 is 0. The molecule has 1 saturated heterocycles. The number of nitrogens with zero attached hydrogens (tertiary/aromatic N) is 1. The molecule has 110 valence electrons. The summed E-state index contributed by atoms with van der Waals surface area (Å²) in [6, 6.07) is 12.2. The van der Waals surface area contributed by atoms with Crippen LogP contribution in [0.5, 0.6) is 5.88 Å². The molecule has 0 bridgehead atoms. The second-order valence-corrected chi connectivity index (χ2v) is 5.17. The first-order chi connectivity index (χ1) is 10.4. The Bertz CT molecular complexity index is 578.